The van der Waals surface area contributed by atoms with Gasteiger partial charge in [-0.25, -0.2) is 0 Å². The van der Waals surface area contributed by atoms with Crippen LogP contribution in [0.5, 0.6) is 0 Å². The molecule has 8 rings (SSSR count). The summed E-state index contributed by atoms with van der Waals surface area (Å²) < 4.78 is 2.04. The number of anilines is 2. The lowest BCUT2D eigenvalue weighted by atomic mass is 9.87. The Morgan fingerprint density at radius 1 is 0.792 bits per heavy atom. The SMILES string of the molecule is NC(=O)c1cccc2c1ccn2Cc1cccc(C(=O)Nc2ccc(N3CCCCC3)cc2-c2cc(C(=O)NC3CCCc4ccccc43)ccn2)c1. The number of nitrogens with zero attached hydrogens (tertiary/aromatic N) is 3. The fourth-order valence-electron chi connectivity index (χ4n) is 7.84. The molecule has 3 amide bonds. The molecule has 266 valence electrons. The van der Waals surface area contributed by atoms with Crippen molar-refractivity contribution in [2.75, 3.05) is 23.3 Å². The van der Waals surface area contributed by atoms with Gasteiger partial charge in [0.15, 0.2) is 0 Å². The van der Waals surface area contributed by atoms with Crippen LogP contribution in [0.2, 0.25) is 0 Å². The first-order valence-corrected chi connectivity index (χ1v) is 18.4. The number of fused-ring (bicyclic) bond motifs is 2. The third kappa shape index (κ3) is 7.15. The standard InChI is InChI=1S/C44H42N6O3/c45-42(51)36-14-8-16-41-35(36)20-24-50(41)28-29-9-6-12-31(25-29)43(52)48-39-18-17-33(49-22-4-1-5-23-49)27-37(39)40-26-32(19-21-46-40)44(53)47-38-15-7-11-30-10-2-3-13-34(30)38/h2-3,6,8-10,12-14,16-21,24-27,38H,1,4-5,7,11,15,22-23,28H2,(H2,45,51)(H,47,53)(H,48,52). The van der Waals surface area contributed by atoms with Crippen molar-refractivity contribution in [2.24, 2.45) is 5.73 Å². The summed E-state index contributed by atoms with van der Waals surface area (Å²) in [5.74, 6) is -0.866. The molecule has 2 aromatic heterocycles. The summed E-state index contributed by atoms with van der Waals surface area (Å²) in [6, 6.07) is 32.9. The minimum absolute atomic E-state index is 0.0408. The lowest BCUT2D eigenvalue weighted by molar-refractivity contribution is 0.0931. The lowest BCUT2D eigenvalue weighted by Crippen LogP contribution is -2.31. The monoisotopic (exact) mass is 702 g/mol. The number of hydrogen-bond acceptors (Lipinski definition) is 5. The van der Waals surface area contributed by atoms with E-state index in [2.05, 4.69) is 45.9 Å². The highest BCUT2D eigenvalue weighted by atomic mass is 16.2. The van der Waals surface area contributed by atoms with Crippen molar-refractivity contribution in [1.82, 2.24) is 14.9 Å². The number of pyridine rings is 1. The predicted octanol–water partition coefficient (Wildman–Crippen LogP) is 7.90. The Balaban J connectivity index is 1.07. The summed E-state index contributed by atoms with van der Waals surface area (Å²) in [5, 5.41) is 7.23. The zero-order chi connectivity index (χ0) is 36.3. The molecule has 9 nitrogen and oxygen atoms in total. The molecule has 4 aromatic carbocycles. The molecule has 9 heteroatoms. The van der Waals surface area contributed by atoms with E-state index in [0.717, 1.165) is 72.9 Å². The van der Waals surface area contributed by atoms with Crippen LogP contribution in [0.1, 0.15) is 85.9 Å². The van der Waals surface area contributed by atoms with Crippen LogP contribution >= 0.6 is 0 Å². The first kappa shape index (κ1) is 33.9. The number of piperidine rings is 1. The van der Waals surface area contributed by atoms with E-state index in [1.54, 1.807) is 24.4 Å². The van der Waals surface area contributed by atoms with Gasteiger partial charge in [-0.1, -0.05) is 42.5 Å². The third-order valence-corrected chi connectivity index (χ3v) is 10.6. The maximum absolute atomic E-state index is 13.9. The smallest absolute Gasteiger partial charge is 0.255 e. The fourth-order valence-corrected chi connectivity index (χ4v) is 7.84. The number of amides is 3. The highest BCUT2D eigenvalue weighted by Crippen LogP contribution is 2.34. The van der Waals surface area contributed by atoms with E-state index in [4.69, 9.17) is 10.7 Å². The second-order valence-electron chi connectivity index (χ2n) is 14.0. The molecule has 6 aromatic rings. The topological polar surface area (TPSA) is 122 Å². The van der Waals surface area contributed by atoms with Gasteiger partial charge in [0.25, 0.3) is 11.8 Å². The summed E-state index contributed by atoms with van der Waals surface area (Å²) in [6.45, 7) is 2.45. The van der Waals surface area contributed by atoms with Gasteiger partial charge in [0.2, 0.25) is 5.91 Å². The normalized spacial score (nSPS) is 15.5. The molecular weight excluding hydrogens is 661 g/mol. The van der Waals surface area contributed by atoms with Crippen LogP contribution in [0.3, 0.4) is 0 Å². The number of aryl methyl sites for hydroxylation is 1. The number of nitrogens with two attached hydrogens (primary N) is 1. The van der Waals surface area contributed by atoms with E-state index >= 15 is 0 Å². The van der Waals surface area contributed by atoms with Gasteiger partial charge in [0.1, 0.15) is 0 Å². The predicted molar refractivity (Wildman–Crippen MR) is 209 cm³/mol. The molecule has 1 unspecified atom stereocenters. The molecular formula is C44H42N6O3. The number of benzene rings is 4. The third-order valence-electron chi connectivity index (χ3n) is 10.6. The second kappa shape index (κ2) is 14.8. The first-order valence-electron chi connectivity index (χ1n) is 18.4. The molecule has 0 radical (unpaired) electrons. The molecule has 1 aliphatic carbocycles. The highest BCUT2D eigenvalue weighted by Gasteiger charge is 2.23. The fraction of sp³-hybridized carbons (Fsp3) is 0.227. The quantitative estimate of drug-likeness (QED) is 0.141. The maximum Gasteiger partial charge on any atom is 0.255 e. The van der Waals surface area contributed by atoms with Gasteiger partial charge in [-0.05, 0) is 116 Å². The first-order chi connectivity index (χ1) is 25.9. The minimum Gasteiger partial charge on any atom is -0.372 e. The van der Waals surface area contributed by atoms with Crippen molar-refractivity contribution in [3.63, 3.8) is 0 Å². The van der Waals surface area contributed by atoms with Crippen LogP contribution in [0.15, 0.2) is 116 Å². The summed E-state index contributed by atoms with van der Waals surface area (Å²) in [4.78, 5) is 46.7. The van der Waals surface area contributed by atoms with Crippen LogP contribution in [0, 0.1) is 0 Å². The van der Waals surface area contributed by atoms with Gasteiger partial charge in [0.05, 0.1) is 17.4 Å². The number of primary amides is 1. The minimum atomic E-state index is -0.467. The number of carbonyl (C=O) groups excluding carboxylic acids is 3. The van der Waals surface area contributed by atoms with Crippen molar-refractivity contribution in [3.05, 3.63) is 149 Å². The molecule has 4 N–H and O–H groups in total. The van der Waals surface area contributed by atoms with Crippen molar-refractivity contribution >= 4 is 40.0 Å². The highest BCUT2D eigenvalue weighted by molar-refractivity contribution is 6.07. The molecule has 0 saturated carbocycles. The molecule has 1 atom stereocenters. The number of hydrogen-bond donors (Lipinski definition) is 3. The average molecular weight is 703 g/mol. The molecule has 1 aliphatic heterocycles. The molecule has 1 fully saturated rings. The van der Waals surface area contributed by atoms with Crippen molar-refractivity contribution in [2.45, 2.75) is 51.1 Å². The zero-order valence-corrected chi connectivity index (χ0v) is 29.6. The molecule has 3 heterocycles. The zero-order valence-electron chi connectivity index (χ0n) is 29.6. The van der Waals surface area contributed by atoms with Crippen LogP contribution < -0.4 is 21.3 Å². The Labute approximate surface area is 308 Å². The lowest BCUT2D eigenvalue weighted by Gasteiger charge is -2.29. The van der Waals surface area contributed by atoms with Crippen molar-refractivity contribution in [3.8, 4) is 11.3 Å². The van der Waals surface area contributed by atoms with Crippen LogP contribution in [-0.4, -0.2) is 40.4 Å². The Kier molecular flexibility index (Phi) is 9.46. The molecule has 0 spiro atoms. The number of rotatable bonds is 9. The number of aromatic nitrogens is 2. The van der Waals surface area contributed by atoms with E-state index < -0.39 is 5.91 Å². The van der Waals surface area contributed by atoms with Crippen LogP contribution in [0.4, 0.5) is 11.4 Å². The van der Waals surface area contributed by atoms with Gasteiger partial charge in [-0.15, -0.1) is 0 Å². The Bertz CT molecular complexity index is 2340. The van der Waals surface area contributed by atoms with E-state index in [1.165, 1.54) is 17.5 Å². The van der Waals surface area contributed by atoms with E-state index in [9.17, 15) is 14.4 Å². The van der Waals surface area contributed by atoms with Crippen LogP contribution in [0.25, 0.3) is 22.2 Å². The van der Waals surface area contributed by atoms with Gasteiger partial charge in [-0.2, -0.15) is 0 Å². The maximum atomic E-state index is 13.9. The van der Waals surface area contributed by atoms with Crippen LogP contribution in [-0.2, 0) is 13.0 Å². The Morgan fingerprint density at radius 2 is 1.62 bits per heavy atom. The van der Waals surface area contributed by atoms with Gasteiger partial charge < -0.3 is 25.8 Å². The molecule has 0 bridgehead atoms. The average Bonchev–Trinajstić information content (AvgIpc) is 3.61. The van der Waals surface area contributed by atoms with Crippen molar-refractivity contribution in [1.29, 1.82) is 0 Å². The summed E-state index contributed by atoms with van der Waals surface area (Å²) in [5.41, 5.74) is 14.4. The number of nitrogens with one attached hydrogen (secondary N) is 2. The summed E-state index contributed by atoms with van der Waals surface area (Å²) in [7, 11) is 0. The summed E-state index contributed by atoms with van der Waals surface area (Å²) >= 11 is 0. The van der Waals surface area contributed by atoms with Gasteiger partial charge in [-0.3, -0.25) is 19.4 Å². The Hall–Kier alpha value is -6.22. The second-order valence-corrected chi connectivity index (χ2v) is 14.0. The van der Waals surface area contributed by atoms with E-state index in [-0.39, 0.29) is 17.9 Å². The number of carbonyl (C=O) groups is 3. The molecule has 53 heavy (non-hydrogen) atoms. The molecule has 1 saturated heterocycles. The largest absolute Gasteiger partial charge is 0.372 e. The van der Waals surface area contributed by atoms with E-state index in [1.807, 2.05) is 65.4 Å². The van der Waals surface area contributed by atoms with Crippen molar-refractivity contribution < 1.29 is 14.4 Å². The van der Waals surface area contributed by atoms with Gasteiger partial charge >= 0.3 is 0 Å². The summed E-state index contributed by atoms with van der Waals surface area (Å²) in [6.07, 6.45) is 10.0. The van der Waals surface area contributed by atoms with E-state index in [0.29, 0.717) is 34.6 Å². The molecule has 2 aliphatic rings. The Morgan fingerprint density at radius 3 is 2.49 bits per heavy atom. The van der Waals surface area contributed by atoms with Gasteiger partial charge in [0, 0.05) is 70.9 Å².